The van der Waals surface area contributed by atoms with E-state index >= 15 is 0 Å². The van der Waals surface area contributed by atoms with Crippen LogP contribution in [0.2, 0.25) is 0 Å². The van der Waals surface area contributed by atoms with Crippen molar-refractivity contribution in [2.75, 3.05) is 0 Å². The third kappa shape index (κ3) is 2.64. The van der Waals surface area contributed by atoms with Gasteiger partial charge in [0.05, 0.1) is 0 Å². The van der Waals surface area contributed by atoms with Crippen LogP contribution in [-0.2, 0) is 6.54 Å². The Bertz CT molecular complexity index is 786. The average Bonchev–Trinajstić information content (AvgIpc) is 2.54. The van der Waals surface area contributed by atoms with E-state index < -0.39 is 0 Å². The lowest BCUT2D eigenvalue weighted by molar-refractivity contribution is 0.0508. The molecule has 1 saturated heterocycles. The summed E-state index contributed by atoms with van der Waals surface area (Å²) in [6, 6.07) is 5.77. The number of rotatable bonds is 2. The molecule has 0 aromatic carbocycles. The number of fused-ring (bicyclic) bond motifs is 1. The molecule has 5 heteroatoms. The van der Waals surface area contributed by atoms with Crippen LogP contribution < -0.4 is 5.56 Å². The molecule has 2 aromatic rings. The third-order valence-corrected chi connectivity index (χ3v) is 4.82. The van der Waals surface area contributed by atoms with Gasteiger partial charge in [-0.1, -0.05) is 0 Å². The molecule has 2 atom stereocenters. The molecule has 1 aliphatic rings. The Balaban J connectivity index is 2.14. The molecule has 0 aliphatic carbocycles. The van der Waals surface area contributed by atoms with Crippen molar-refractivity contribution in [3.05, 3.63) is 40.3 Å². The Morgan fingerprint density at radius 1 is 1.30 bits per heavy atom. The quantitative estimate of drug-likeness (QED) is 0.856. The molecule has 5 nitrogen and oxygen atoms in total. The van der Waals surface area contributed by atoms with Gasteiger partial charge in [0, 0.05) is 30.2 Å². The Labute approximate surface area is 135 Å². The van der Waals surface area contributed by atoms with Crippen molar-refractivity contribution in [2.24, 2.45) is 0 Å². The van der Waals surface area contributed by atoms with Crippen LogP contribution in [0, 0.1) is 0 Å². The zero-order valence-corrected chi connectivity index (χ0v) is 14.0. The second-order valence-electron chi connectivity index (χ2n) is 6.37. The van der Waals surface area contributed by atoms with Crippen molar-refractivity contribution in [1.82, 2.24) is 14.5 Å². The van der Waals surface area contributed by atoms with Crippen LogP contribution in [0.5, 0.6) is 0 Å². The lowest BCUT2D eigenvalue weighted by Crippen LogP contribution is -2.49. The van der Waals surface area contributed by atoms with E-state index in [4.69, 9.17) is 0 Å². The average molecular weight is 313 g/mol. The molecule has 1 aliphatic heterocycles. The smallest absolute Gasteiger partial charge is 0.265 e. The summed E-state index contributed by atoms with van der Waals surface area (Å²) in [6.45, 7) is 6.53. The SMILES string of the molecule is CCn1c(=O)c(C(=O)N2[C@H](C)CCC[C@@H]2C)cc2cccnc21. The zero-order chi connectivity index (χ0) is 16.6. The number of carbonyl (C=O) groups excluding carboxylic acids is 1. The first-order chi connectivity index (χ1) is 11.0. The second-order valence-corrected chi connectivity index (χ2v) is 6.37. The van der Waals surface area contributed by atoms with Gasteiger partial charge in [-0.15, -0.1) is 0 Å². The molecule has 3 rings (SSSR count). The van der Waals surface area contributed by atoms with Gasteiger partial charge in [0.1, 0.15) is 11.2 Å². The Morgan fingerprint density at radius 2 is 2.00 bits per heavy atom. The first-order valence-electron chi connectivity index (χ1n) is 8.35. The fourth-order valence-corrected chi connectivity index (χ4v) is 3.61. The van der Waals surface area contributed by atoms with Gasteiger partial charge in [-0.05, 0) is 58.2 Å². The summed E-state index contributed by atoms with van der Waals surface area (Å²) in [4.78, 5) is 32.0. The van der Waals surface area contributed by atoms with Gasteiger partial charge in [0.2, 0.25) is 0 Å². The molecule has 23 heavy (non-hydrogen) atoms. The molecule has 0 spiro atoms. The van der Waals surface area contributed by atoms with Gasteiger partial charge < -0.3 is 4.90 Å². The lowest BCUT2D eigenvalue weighted by atomic mass is 9.96. The van der Waals surface area contributed by atoms with Crippen LogP contribution in [0.4, 0.5) is 0 Å². The number of nitrogens with zero attached hydrogens (tertiary/aromatic N) is 3. The Morgan fingerprint density at radius 3 is 2.65 bits per heavy atom. The van der Waals surface area contributed by atoms with Gasteiger partial charge in [0.15, 0.2) is 0 Å². The zero-order valence-electron chi connectivity index (χ0n) is 14.0. The van der Waals surface area contributed by atoms with E-state index in [0.717, 1.165) is 24.6 Å². The van der Waals surface area contributed by atoms with Gasteiger partial charge in [-0.3, -0.25) is 14.2 Å². The van der Waals surface area contributed by atoms with E-state index in [1.165, 1.54) is 0 Å². The van der Waals surface area contributed by atoms with Crippen LogP contribution in [0.3, 0.4) is 0 Å². The molecule has 2 aromatic heterocycles. The maximum atomic E-state index is 13.0. The number of pyridine rings is 2. The molecule has 0 radical (unpaired) electrons. The predicted octanol–water partition coefficient (Wildman–Crippen LogP) is 2.82. The fraction of sp³-hybridized carbons (Fsp3) is 0.500. The minimum Gasteiger partial charge on any atom is -0.333 e. The predicted molar refractivity (Wildman–Crippen MR) is 90.6 cm³/mol. The molecule has 122 valence electrons. The first kappa shape index (κ1) is 15.7. The highest BCUT2D eigenvalue weighted by Gasteiger charge is 2.31. The summed E-state index contributed by atoms with van der Waals surface area (Å²) >= 11 is 0. The number of piperidine rings is 1. The van der Waals surface area contributed by atoms with Gasteiger partial charge >= 0.3 is 0 Å². The van der Waals surface area contributed by atoms with Crippen molar-refractivity contribution in [3.8, 4) is 0 Å². The van der Waals surface area contributed by atoms with E-state index in [-0.39, 0.29) is 29.1 Å². The minimum absolute atomic E-state index is 0.150. The fourth-order valence-electron chi connectivity index (χ4n) is 3.61. The summed E-state index contributed by atoms with van der Waals surface area (Å²) in [5, 5.41) is 0.828. The van der Waals surface area contributed by atoms with Crippen molar-refractivity contribution < 1.29 is 4.79 Å². The highest BCUT2D eigenvalue weighted by molar-refractivity contribution is 5.97. The summed E-state index contributed by atoms with van der Waals surface area (Å²) in [7, 11) is 0. The maximum Gasteiger partial charge on any atom is 0.265 e. The van der Waals surface area contributed by atoms with E-state index in [1.54, 1.807) is 16.8 Å². The molecular formula is C18H23N3O2. The van der Waals surface area contributed by atoms with Gasteiger partial charge in [0.25, 0.3) is 11.5 Å². The Hall–Kier alpha value is -2.17. The number of likely N-dealkylation sites (tertiary alicyclic amines) is 1. The first-order valence-corrected chi connectivity index (χ1v) is 8.35. The van der Waals surface area contributed by atoms with Crippen LogP contribution in [0.25, 0.3) is 11.0 Å². The van der Waals surface area contributed by atoms with Crippen LogP contribution >= 0.6 is 0 Å². The van der Waals surface area contributed by atoms with Crippen molar-refractivity contribution in [2.45, 2.75) is 58.7 Å². The molecule has 0 unspecified atom stereocenters. The molecule has 3 heterocycles. The van der Waals surface area contributed by atoms with Crippen molar-refractivity contribution in [3.63, 3.8) is 0 Å². The molecule has 0 saturated carbocycles. The van der Waals surface area contributed by atoms with Crippen LogP contribution in [0.15, 0.2) is 29.2 Å². The number of aromatic nitrogens is 2. The monoisotopic (exact) mass is 313 g/mol. The molecule has 1 fully saturated rings. The molecular weight excluding hydrogens is 290 g/mol. The van der Waals surface area contributed by atoms with E-state index in [9.17, 15) is 9.59 Å². The third-order valence-electron chi connectivity index (χ3n) is 4.82. The summed E-state index contributed by atoms with van der Waals surface area (Å²) in [5.41, 5.74) is 0.651. The standard InChI is InChI=1S/C18H23N3O2/c1-4-20-16-14(9-6-10-19-16)11-15(17(20)22)18(23)21-12(2)7-5-8-13(21)3/h6,9-13H,4-5,7-8H2,1-3H3/t12-,13+. The highest BCUT2D eigenvalue weighted by Crippen LogP contribution is 2.24. The molecule has 1 amide bonds. The number of hydrogen-bond donors (Lipinski definition) is 0. The molecule has 0 bridgehead atoms. The van der Waals surface area contributed by atoms with Gasteiger partial charge in [-0.2, -0.15) is 0 Å². The minimum atomic E-state index is -0.242. The van der Waals surface area contributed by atoms with Gasteiger partial charge in [-0.25, -0.2) is 4.98 Å². The van der Waals surface area contributed by atoms with E-state index in [0.29, 0.717) is 12.2 Å². The van der Waals surface area contributed by atoms with Crippen molar-refractivity contribution in [1.29, 1.82) is 0 Å². The number of aryl methyl sites for hydroxylation is 1. The number of carbonyl (C=O) groups is 1. The second kappa shape index (κ2) is 6.14. The summed E-state index contributed by atoms with van der Waals surface area (Å²) < 4.78 is 1.59. The van der Waals surface area contributed by atoms with Crippen molar-refractivity contribution >= 4 is 16.9 Å². The highest BCUT2D eigenvalue weighted by atomic mass is 16.2. The largest absolute Gasteiger partial charge is 0.333 e. The normalized spacial score (nSPS) is 21.6. The molecule has 0 N–H and O–H groups in total. The summed E-state index contributed by atoms with van der Waals surface area (Å²) in [6.07, 6.45) is 4.79. The van der Waals surface area contributed by atoms with E-state index in [1.807, 2.05) is 24.0 Å². The topological polar surface area (TPSA) is 55.2 Å². The van der Waals surface area contributed by atoms with E-state index in [2.05, 4.69) is 18.8 Å². The number of amides is 1. The lowest BCUT2D eigenvalue weighted by Gasteiger charge is -2.39. The van der Waals surface area contributed by atoms with Crippen LogP contribution in [-0.4, -0.2) is 32.4 Å². The number of hydrogen-bond acceptors (Lipinski definition) is 3. The maximum absolute atomic E-state index is 13.0. The summed E-state index contributed by atoms with van der Waals surface area (Å²) in [5.74, 6) is -0.150. The Kier molecular flexibility index (Phi) is 4.20. The van der Waals surface area contributed by atoms with Crippen LogP contribution in [0.1, 0.15) is 50.4 Å².